The Morgan fingerprint density at radius 1 is 0.886 bits per heavy atom. The molecule has 0 radical (unpaired) electrons. The lowest BCUT2D eigenvalue weighted by Crippen LogP contribution is -2.53. The number of nitrogens with one attached hydrogen (secondary N) is 1. The predicted octanol–water partition coefficient (Wildman–Crippen LogP) is 2.26. The summed E-state index contributed by atoms with van der Waals surface area (Å²) in [5, 5.41) is 25.8. The molecular weight excluding hydrogens is 615 g/mol. The van der Waals surface area contributed by atoms with E-state index in [9.17, 15) is 40.3 Å². The van der Waals surface area contributed by atoms with Crippen LogP contribution in [-0.4, -0.2) is 108 Å². The number of aliphatic carboxylic acids is 2. The van der Waals surface area contributed by atoms with Crippen LogP contribution in [0, 0.1) is 5.95 Å². The number of rotatable bonds is 3. The van der Waals surface area contributed by atoms with E-state index in [0.717, 1.165) is 38.3 Å². The summed E-state index contributed by atoms with van der Waals surface area (Å²) in [6.45, 7) is 3.09. The fourth-order valence-electron chi connectivity index (χ4n) is 4.73. The Morgan fingerprint density at radius 2 is 1.45 bits per heavy atom. The van der Waals surface area contributed by atoms with Crippen molar-refractivity contribution in [3.05, 3.63) is 41.5 Å². The standard InChI is InChI=1S/C20H24FN7O2.2C2HF3O2/c21-16-11-13(5-6-22-16)20(30)27-8-7-26-9-10-28-17(15(26)12-27)24-25-18(28)19(29)23-14-3-1-2-4-14;2*3-2(4,5)1(6)7/h5-6,11,14-15H,1-4,7-10,12H2,(H,23,29);2*(H,6,7). The number of hydrogen-bond acceptors (Lipinski definition) is 8. The minimum atomic E-state index is -5.08. The van der Waals surface area contributed by atoms with Crippen molar-refractivity contribution in [2.75, 3.05) is 26.2 Å². The summed E-state index contributed by atoms with van der Waals surface area (Å²) in [5.74, 6) is -5.54. The number of aromatic nitrogens is 4. The Bertz CT molecular complexity index is 1340. The van der Waals surface area contributed by atoms with E-state index in [4.69, 9.17) is 19.8 Å². The van der Waals surface area contributed by atoms with Gasteiger partial charge < -0.3 is 25.0 Å². The Morgan fingerprint density at radius 3 is 2.00 bits per heavy atom. The number of amides is 2. The van der Waals surface area contributed by atoms with Crippen molar-refractivity contribution in [1.82, 2.24) is 34.9 Å². The fraction of sp³-hybridized carbons (Fsp3) is 0.542. The zero-order valence-corrected chi connectivity index (χ0v) is 22.6. The highest BCUT2D eigenvalue weighted by Gasteiger charge is 2.40. The van der Waals surface area contributed by atoms with Crippen LogP contribution in [0.25, 0.3) is 0 Å². The second kappa shape index (κ2) is 14.0. The molecule has 0 bridgehead atoms. The summed E-state index contributed by atoms with van der Waals surface area (Å²) in [4.78, 5) is 50.9. The first-order chi connectivity index (χ1) is 20.5. The van der Waals surface area contributed by atoms with Crippen LogP contribution in [-0.2, 0) is 16.1 Å². The van der Waals surface area contributed by atoms with Crippen molar-refractivity contribution in [2.45, 2.75) is 56.7 Å². The van der Waals surface area contributed by atoms with E-state index in [1.54, 1.807) is 4.90 Å². The molecule has 5 rings (SSSR count). The molecule has 44 heavy (non-hydrogen) atoms. The zero-order chi connectivity index (χ0) is 32.8. The Kier molecular flexibility index (Phi) is 10.8. The van der Waals surface area contributed by atoms with E-state index in [-0.39, 0.29) is 29.5 Å². The predicted molar refractivity (Wildman–Crippen MR) is 132 cm³/mol. The molecular formula is C24H26F7N7O6. The van der Waals surface area contributed by atoms with Crippen molar-refractivity contribution in [2.24, 2.45) is 0 Å². The smallest absolute Gasteiger partial charge is 0.475 e. The SMILES string of the molecule is O=C(NC1CCCC1)c1nnc2n1CCN1CCN(C(=O)c3ccnc(F)c3)CC21.O=C(O)C(F)(F)F.O=C(O)C(F)(F)F. The summed E-state index contributed by atoms with van der Waals surface area (Å²) in [5.41, 5.74) is 0.282. The number of carbonyl (C=O) groups excluding carboxylic acids is 2. The molecule has 3 N–H and O–H groups in total. The lowest BCUT2D eigenvalue weighted by molar-refractivity contribution is -0.193. The van der Waals surface area contributed by atoms with Crippen LogP contribution in [0.2, 0.25) is 0 Å². The summed E-state index contributed by atoms with van der Waals surface area (Å²) in [7, 11) is 0. The second-order valence-electron chi connectivity index (χ2n) is 9.76. The van der Waals surface area contributed by atoms with Gasteiger partial charge in [-0.25, -0.2) is 14.6 Å². The lowest BCUT2D eigenvalue weighted by atomic mass is 10.1. The largest absolute Gasteiger partial charge is 0.490 e. The third-order valence-corrected chi connectivity index (χ3v) is 6.82. The van der Waals surface area contributed by atoms with Gasteiger partial charge in [0.05, 0.1) is 6.04 Å². The molecule has 0 aromatic carbocycles. The number of fused-ring (bicyclic) bond motifs is 3. The van der Waals surface area contributed by atoms with Gasteiger partial charge in [-0.2, -0.15) is 30.7 Å². The maximum atomic E-state index is 13.4. The number of carboxylic acid groups (broad SMARTS) is 2. The van der Waals surface area contributed by atoms with Crippen molar-refractivity contribution in [3.63, 3.8) is 0 Å². The van der Waals surface area contributed by atoms with Crippen LogP contribution >= 0.6 is 0 Å². The van der Waals surface area contributed by atoms with Gasteiger partial charge in [0.15, 0.2) is 5.82 Å². The number of carbonyl (C=O) groups is 4. The minimum Gasteiger partial charge on any atom is -0.475 e. The minimum absolute atomic E-state index is 0.135. The molecule has 4 heterocycles. The molecule has 2 fully saturated rings. The van der Waals surface area contributed by atoms with Crippen molar-refractivity contribution in [3.8, 4) is 0 Å². The number of pyridine rings is 1. The number of alkyl halides is 6. The van der Waals surface area contributed by atoms with E-state index in [1.807, 2.05) is 4.57 Å². The Balaban J connectivity index is 0.000000317. The monoisotopic (exact) mass is 641 g/mol. The Labute approximate surface area is 243 Å². The molecule has 1 atom stereocenters. The van der Waals surface area contributed by atoms with Gasteiger partial charge in [0.2, 0.25) is 11.8 Å². The molecule has 242 valence electrons. The summed E-state index contributed by atoms with van der Waals surface area (Å²) in [6.07, 6.45) is -4.56. The maximum Gasteiger partial charge on any atom is 0.490 e. The van der Waals surface area contributed by atoms with E-state index in [0.29, 0.717) is 37.8 Å². The van der Waals surface area contributed by atoms with Crippen molar-refractivity contribution >= 4 is 23.8 Å². The van der Waals surface area contributed by atoms with Gasteiger partial charge in [-0.05, 0) is 18.9 Å². The zero-order valence-electron chi connectivity index (χ0n) is 22.6. The van der Waals surface area contributed by atoms with Crippen molar-refractivity contribution in [1.29, 1.82) is 0 Å². The first kappa shape index (κ1) is 34.1. The molecule has 1 saturated carbocycles. The second-order valence-corrected chi connectivity index (χ2v) is 9.76. The molecule has 1 saturated heterocycles. The number of halogens is 7. The van der Waals surface area contributed by atoms with E-state index < -0.39 is 30.2 Å². The van der Waals surface area contributed by atoms with Gasteiger partial charge >= 0.3 is 24.3 Å². The lowest BCUT2D eigenvalue weighted by Gasteiger charge is -2.43. The highest BCUT2D eigenvalue weighted by Crippen LogP contribution is 2.29. The normalized spacial score (nSPS) is 18.5. The van der Waals surface area contributed by atoms with Gasteiger partial charge in [0, 0.05) is 56.6 Å². The number of carboxylic acids is 2. The summed E-state index contributed by atoms with van der Waals surface area (Å²) < 4.78 is 78.8. The average Bonchev–Trinajstić information content (AvgIpc) is 3.62. The fourth-order valence-corrected chi connectivity index (χ4v) is 4.73. The number of nitrogens with zero attached hydrogens (tertiary/aromatic N) is 6. The molecule has 2 aliphatic heterocycles. The molecule has 2 amide bonds. The first-order valence-electron chi connectivity index (χ1n) is 13.0. The van der Waals surface area contributed by atoms with Gasteiger partial charge in [0.25, 0.3) is 11.8 Å². The number of hydrogen-bond donors (Lipinski definition) is 3. The molecule has 3 aliphatic rings. The number of piperazine rings is 1. The first-order valence-corrected chi connectivity index (χ1v) is 13.0. The van der Waals surface area contributed by atoms with Gasteiger partial charge in [-0.15, -0.1) is 10.2 Å². The third-order valence-electron chi connectivity index (χ3n) is 6.82. The van der Waals surface area contributed by atoms with E-state index in [1.165, 1.54) is 12.3 Å². The molecule has 2 aromatic heterocycles. The summed E-state index contributed by atoms with van der Waals surface area (Å²) >= 11 is 0. The summed E-state index contributed by atoms with van der Waals surface area (Å²) in [6, 6.07) is 2.76. The van der Waals surface area contributed by atoms with Gasteiger partial charge in [-0.3, -0.25) is 14.5 Å². The quantitative estimate of drug-likeness (QED) is 0.334. The van der Waals surface area contributed by atoms with Crippen LogP contribution < -0.4 is 5.32 Å². The highest BCUT2D eigenvalue weighted by atomic mass is 19.4. The van der Waals surface area contributed by atoms with Crippen molar-refractivity contribution < 1.29 is 60.1 Å². The highest BCUT2D eigenvalue weighted by molar-refractivity contribution is 5.94. The third kappa shape index (κ3) is 8.83. The van der Waals surface area contributed by atoms with Crippen LogP contribution in [0.15, 0.2) is 18.3 Å². The maximum absolute atomic E-state index is 13.4. The van der Waals surface area contributed by atoms with E-state index >= 15 is 0 Å². The molecule has 13 nitrogen and oxygen atoms in total. The van der Waals surface area contributed by atoms with E-state index in [2.05, 4.69) is 25.4 Å². The molecule has 2 aromatic rings. The molecule has 1 unspecified atom stereocenters. The molecule has 20 heteroatoms. The van der Waals surface area contributed by atoms with Crippen LogP contribution in [0.1, 0.15) is 58.5 Å². The van der Waals surface area contributed by atoms with Gasteiger partial charge in [0.1, 0.15) is 0 Å². The van der Waals surface area contributed by atoms with Crippen LogP contribution in [0.5, 0.6) is 0 Å². The molecule has 0 spiro atoms. The topological polar surface area (TPSA) is 171 Å². The molecule has 1 aliphatic carbocycles. The van der Waals surface area contributed by atoms with Gasteiger partial charge in [-0.1, -0.05) is 12.8 Å². The van der Waals surface area contributed by atoms with Crippen LogP contribution in [0.4, 0.5) is 30.7 Å². The van der Waals surface area contributed by atoms with Crippen LogP contribution in [0.3, 0.4) is 0 Å². The average molecular weight is 642 g/mol. The Hall–Kier alpha value is -4.36.